The number of ether oxygens (including phenoxy) is 1. The largest absolute Gasteiger partial charge is 0.378 e. The Balaban J connectivity index is 1.62. The fourth-order valence-electron chi connectivity index (χ4n) is 3.86. The molecule has 0 bridgehead atoms. The van der Waals surface area contributed by atoms with Crippen molar-refractivity contribution in [2.24, 2.45) is 0 Å². The van der Waals surface area contributed by atoms with Crippen molar-refractivity contribution in [2.75, 3.05) is 31.6 Å². The molecule has 0 saturated carbocycles. The van der Waals surface area contributed by atoms with Crippen molar-refractivity contribution in [2.45, 2.75) is 12.5 Å². The number of nitro groups is 1. The third-order valence-corrected chi connectivity index (χ3v) is 5.55. The summed E-state index contributed by atoms with van der Waals surface area (Å²) in [5, 5.41) is 15.2. The maximum absolute atomic E-state index is 12.8. The smallest absolute Gasteiger partial charge is 0.293 e. The van der Waals surface area contributed by atoms with Gasteiger partial charge in [-0.15, -0.1) is 0 Å². The van der Waals surface area contributed by atoms with Gasteiger partial charge in [0.2, 0.25) is 0 Å². The molecular formula is C25H25N3O4. The van der Waals surface area contributed by atoms with Gasteiger partial charge in [0.15, 0.2) is 0 Å². The summed E-state index contributed by atoms with van der Waals surface area (Å²) in [6.07, 6.45) is 0.663. The van der Waals surface area contributed by atoms with Crippen LogP contribution in [0.1, 0.15) is 27.5 Å². The molecule has 0 aromatic heterocycles. The number of rotatable bonds is 7. The monoisotopic (exact) mass is 431 g/mol. The minimum atomic E-state index is -0.441. The molecule has 3 aromatic rings. The van der Waals surface area contributed by atoms with Crippen LogP contribution in [-0.2, 0) is 11.2 Å². The second-order valence-electron chi connectivity index (χ2n) is 7.69. The predicted molar refractivity (Wildman–Crippen MR) is 123 cm³/mol. The van der Waals surface area contributed by atoms with Crippen molar-refractivity contribution in [1.82, 2.24) is 4.90 Å². The number of hydrogen-bond acceptors (Lipinski definition) is 5. The van der Waals surface area contributed by atoms with Gasteiger partial charge in [0, 0.05) is 24.7 Å². The maximum atomic E-state index is 12.8. The molecule has 32 heavy (non-hydrogen) atoms. The summed E-state index contributed by atoms with van der Waals surface area (Å²) < 4.78 is 5.29. The lowest BCUT2D eigenvalue weighted by Crippen LogP contribution is -2.40. The van der Waals surface area contributed by atoms with Gasteiger partial charge in [-0.05, 0) is 29.7 Å². The van der Waals surface area contributed by atoms with E-state index in [9.17, 15) is 14.9 Å². The van der Waals surface area contributed by atoms with Crippen molar-refractivity contribution < 1.29 is 14.5 Å². The molecule has 7 nitrogen and oxygen atoms in total. The second kappa shape index (κ2) is 10.1. The van der Waals surface area contributed by atoms with Crippen LogP contribution in [0.2, 0.25) is 0 Å². The van der Waals surface area contributed by atoms with E-state index < -0.39 is 4.92 Å². The second-order valence-corrected chi connectivity index (χ2v) is 7.69. The molecule has 1 saturated heterocycles. The molecule has 1 aliphatic rings. The van der Waals surface area contributed by atoms with Crippen molar-refractivity contribution in [1.29, 1.82) is 0 Å². The number of nitrogens with zero attached hydrogens (tertiary/aromatic N) is 2. The van der Waals surface area contributed by atoms with Crippen LogP contribution in [0.3, 0.4) is 0 Å². The number of morpholine rings is 1. The maximum Gasteiger partial charge on any atom is 0.293 e. The molecule has 4 rings (SSSR count). The van der Waals surface area contributed by atoms with Crippen molar-refractivity contribution in [3.63, 3.8) is 0 Å². The first-order valence-electron chi connectivity index (χ1n) is 10.6. The molecule has 1 N–H and O–H groups in total. The molecule has 3 aromatic carbocycles. The number of carbonyl (C=O) groups is 1. The number of amides is 1. The molecule has 0 unspecified atom stereocenters. The molecule has 1 fully saturated rings. The molecular weight excluding hydrogens is 406 g/mol. The fourth-order valence-corrected chi connectivity index (χ4v) is 3.86. The lowest BCUT2D eigenvalue weighted by atomic mass is 9.98. The van der Waals surface area contributed by atoms with E-state index in [1.54, 1.807) is 17.0 Å². The molecule has 1 aliphatic heterocycles. The Morgan fingerprint density at radius 3 is 2.31 bits per heavy atom. The van der Waals surface area contributed by atoms with Gasteiger partial charge in [-0.2, -0.15) is 0 Å². The van der Waals surface area contributed by atoms with Crippen molar-refractivity contribution in [3.8, 4) is 0 Å². The quantitative estimate of drug-likeness (QED) is 0.441. The van der Waals surface area contributed by atoms with Gasteiger partial charge in [-0.25, -0.2) is 0 Å². The summed E-state index contributed by atoms with van der Waals surface area (Å²) in [4.78, 5) is 25.9. The van der Waals surface area contributed by atoms with E-state index in [1.165, 1.54) is 6.07 Å². The minimum Gasteiger partial charge on any atom is -0.378 e. The van der Waals surface area contributed by atoms with Gasteiger partial charge in [0.1, 0.15) is 5.69 Å². The molecule has 0 aliphatic carbocycles. The molecule has 0 radical (unpaired) electrons. The Bertz CT molecular complexity index is 1070. The van der Waals surface area contributed by atoms with Crippen LogP contribution in [0.5, 0.6) is 0 Å². The minimum absolute atomic E-state index is 0.113. The zero-order valence-electron chi connectivity index (χ0n) is 17.6. The highest BCUT2D eigenvalue weighted by Crippen LogP contribution is 2.31. The van der Waals surface area contributed by atoms with Crippen LogP contribution < -0.4 is 5.32 Å². The summed E-state index contributed by atoms with van der Waals surface area (Å²) in [5.74, 6) is -0.216. The third kappa shape index (κ3) is 5.12. The van der Waals surface area contributed by atoms with Crippen LogP contribution in [0.25, 0.3) is 0 Å². The first-order chi connectivity index (χ1) is 15.6. The van der Waals surface area contributed by atoms with Crippen molar-refractivity contribution >= 4 is 17.3 Å². The Morgan fingerprint density at radius 1 is 1.00 bits per heavy atom. The van der Waals surface area contributed by atoms with Crippen LogP contribution in [-0.4, -0.2) is 42.0 Å². The molecule has 1 heterocycles. The third-order valence-electron chi connectivity index (χ3n) is 5.55. The van der Waals surface area contributed by atoms with E-state index in [4.69, 9.17) is 4.74 Å². The topological polar surface area (TPSA) is 84.7 Å². The van der Waals surface area contributed by atoms with E-state index in [2.05, 4.69) is 5.32 Å². The van der Waals surface area contributed by atoms with Gasteiger partial charge >= 0.3 is 0 Å². The summed E-state index contributed by atoms with van der Waals surface area (Å²) in [7, 11) is 0. The van der Waals surface area contributed by atoms with Gasteiger partial charge < -0.3 is 15.0 Å². The highest BCUT2D eigenvalue weighted by atomic mass is 16.6. The van der Waals surface area contributed by atoms with E-state index in [-0.39, 0.29) is 17.6 Å². The summed E-state index contributed by atoms with van der Waals surface area (Å²) >= 11 is 0. The van der Waals surface area contributed by atoms with Crippen molar-refractivity contribution in [3.05, 3.63) is 106 Å². The summed E-state index contributed by atoms with van der Waals surface area (Å²) in [6, 6.07) is 24.3. The van der Waals surface area contributed by atoms with Crippen LogP contribution in [0, 0.1) is 10.1 Å². The van der Waals surface area contributed by atoms with E-state index in [1.807, 2.05) is 60.7 Å². The zero-order chi connectivity index (χ0) is 22.3. The first-order valence-corrected chi connectivity index (χ1v) is 10.6. The molecule has 1 atom stereocenters. The number of nitro benzene ring substituents is 1. The summed E-state index contributed by atoms with van der Waals surface area (Å²) in [6.45, 7) is 1.93. The summed E-state index contributed by atoms with van der Waals surface area (Å²) in [5.41, 5.74) is 2.73. The first kappa shape index (κ1) is 21.5. The Kier molecular flexibility index (Phi) is 6.77. The Hall–Kier alpha value is -3.71. The highest BCUT2D eigenvalue weighted by molar-refractivity contribution is 5.95. The fraction of sp³-hybridized carbons (Fsp3) is 0.240. The van der Waals surface area contributed by atoms with Crippen LogP contribution in [0.15, 0.2) is 78.9 Å². The van der Waals surface area contributed by atoms with Gasteiger partial charge in [-0.1, -0.05) is 60.7 Å². The van der Waals surface area contributed by atoms with E-state index in [0.717, 1.165) is 11.1 Å². The average Bonchev–Trinajstić information content (AvgIpc) is 2.85. The van der Waals surface area contributed by atoms with E-state index in [0.29, 0.717) is 44.0 Å². The molecule has 7 heteroatoms. The lowest BCUT2D eigenvalue weighted by molar-refractivity contribution is -0.384. The number of nitrogens with one attached hydrogen (secondary N) is 1. The molecule has 1 amide bonds. The molecule has 0 spiro atoms. The van der Waals surface area contributed by atoms with Crippen LogP contribution >= 0.6 is 0 Å². The van der Waals surface area contributed by atoms with Crippen LogP contribution in [0.4, 0.5) is 11.4 Å². The average molecular weight is 431 g/mol. The normalized spacial score (nSPS) is 14.6. The van der Waals surface area contributed by atoms with Gasteiger partial charge in [0.25, 0.3) is 11.6 Å². The van der Waals surface area contributed by atoms with Gasteiger partial charge in [0.05, 0.1) is 24.2 Å². The standard InChI is InChI=1S/C25H25N3O4/c29-25(27-13-15-32-16-14-27)21-11-12-22(24(18-21)28(30)31)26-23(20-9-5-2-6-10-20)17-19-7-3-1-4-8-19/h1-12,18,23,26H,13-17H2/t23-/m0/s1. The number of benzene rings is 3. The Morgan fingerprint density at radius 2 is 1.66 bits per heavy atom. The Labute approximate surface area is 186 Å². The number of anilines is 1. The lowest BCUT2D eigenvalue weighted by Gasteiger charge is -2.27. The zero-order valence-corrected chi connectivity index (χ0v) is 17.6. The number of carbonyl (C=O) groups excluding carboxylic acids is 1. The van der Waals surface area contributed by atoms with E-state index >= 15 is 0 Å². The predicted octanol–water partition coefficient (Wildman–Crippen LogP) is 4.46. The SMILES string of the molecule is O=C(c1ccc(N[C@@H](Cc2ccccc2)c2ccccc2)c([N+](=O)[O-])c1)N1CCOCC1. The number of hydrogen-bond donors (Lipinski definition) is 1. The highest BCUT2D eigenvalue weighted by Gasteiger charge is 2.24. The van der Waals surface area contributed by atoms with Gasteiger partial charge in [-0.3, -0.25) is 14.9 Å². The molecule has 164 valence electrons.